The first-order chi connectivity index (χ1) is 7.58. The Kier molecular flexibility index (Phi) is 4.50. The van der Waals surface area contributed by atoms with E-state index in [2.05, 4.69) is 20.6 Å². The van der Waals surface area contributed by atoms with Crippen LogP contribution >= 0.6 is 0 Å². The molecule has 0 unspecified atom stereocenters. The van der Waals surface area contributed by atoms with Gasteiger partial charge in [-0.15, -0.1) is 0 Å². The average Bonchev–Trinajstić information content (AvgIpc) is 2.23. The Hall–Kier alpha value is -1.85. The van der Waals surface area contributed by atoms with E-state index in [1.165, 1.54) is 12.4 Å². The molecule has 16 heavy (non-hydrogen) atoms. The fourth-order valence-corrected chi connectivity index (χ4v) is 1.02. The van der Waals surface area contributed by atoms with Crippen LogP contribution in [0.1, 0.15) is 13.8 Å². The van der Waals surface area contributed by atoms with Crippen molar-refractivity contribution in [1.29, 1.82) is 0 Å². The van der Waals surface area contributed by atoms with E-state index in [0.717, 1.165) is 0 Å². The third-order valence-electron chi connectivity index (χ3n) is 1.82. The van der Waals surface area contributed by atoms with Gasteiger partial charge in [0.15, 0.2) is 0 Å². The molecule has 6 heteroatoms. The van der Waals surface area contributed by atoms with E-state index in [4.69, 9.17) is 0 Å². The molecule has 0 bridgehead atoms. The van der Waals surface area contributed by atoms with Gasteiger partial charge in [0, 0.05) is 12.6 Å². The molecule has 0 fully saturated rings. The van der Waals surface area contributed by atoms with Crippen molar-refractivity contribution in [1.82, 2.24) is 15.3 Å². The van der Waals surface area contributed by atoms with Crippen molar-refractivity contribution in [3.05, 3.63) is 22.7 Å². The minimum Gasteiger partial charge on any atom is -0.361 e. The first kappa shape index (κ1) is 12.2. The van der Waals surface area contributed by atoms with Crippen LogP contribution in [0.25, 0.3) is 0 Å². The number of hydrogen-bond acceptors (Lipinski definition) is 4. The van der Waals surface area contributed by atoms with E-state index in [0.29, 0.717) is 18.3 Å². The minimum absolute atomic E-state index is 0.114. The van der Waals surface area contributed by atoms with Gasteiger partial charge in [0.2, 0.25) is 5.91 Å². The number of carbonyl (C=O) groups is 1. The Morgan fingerprint density at radius 3 is 2.94 bits per heavy atom. The lowest BCUT2D eigenvalue weighted by atomic mass is 10.2. The number of amides is 1. The van der Waals surface area contributed by atoms with Crippen LogP contribution in [0.2, 0.25) is 0 Å². The van der Waals surface area contributed by atoms with E-state index in [1.54, 1.807) is 0 Å². The van der Waals surface area contributed by atoms with Crippen molar-refractivity contribution >= 4 is 11.7 Å². The molecule has 0 aliphatic rings. The topological polar surface area (TPSA) is 86.9 Å². The maximum atomic E-state index is 11.3. The number of carbonyl (C=O) groups excluding carboxylic acids is 1. The van der Waals surface area contributed by atoms with Crippen LogP contribution in [0.5, 0.6) is 0 Å². The number of rotatable bonds is 5. The molecule has 1 aromatic heterocycles. The van der Waals surface area contributed by atoms with Crippen LogP contribution < -0.4 is 16.2 Å². The third-order valence-corrected chi connectivity index (χ3v) is 1.82. The Morgan fingerprint density at radius 1 is 1.56 bits per heavy atom. The molecule has 1 heterocycles. The maximum absolute atomic E-state index is 11.3. The van der Waals surface area contributed by atoms with Crippen LogP contribution in [0.4, 0.5) is 5.82 Å². The van der Waals surface area contributed by atoms with Crippen LogP contribution in [-0.2, 0) is 4.79 Å². The van der Waals surface area contributed by atoms with Gasteiger partial charge in [-0.25, -0.2) is 4.98 Å². The van der Waals surface area contributed by atoms with Crippen molar-refractivity contribution in [2.24, 2.45) is 5.92 Å². The van der Waals surface area contributed by atoms with Gasteiger partial charge in [0.25, 0.3) is 5.56 Å². The van der Waals surface area contributed by atoms with Gasteiger partial charge < -0.3 is 15.6 Å². The molecule has 0 saturated carbocycles. The first-order valence-corrected chi connectivity index (χ1v) is 5.13. The van der Waals surface area contributed by atoms with Crippen molar-refractivity contribution < 1.29 is 4.79 Å². The zero-order valence-corrected chi connectivity index (χ0v) is 9.41. The van der Waals surface area contributed by atoms with Gasteiger partial charge in [0.05, 0.1) is 12.9 Å². The molecule has 0 saturated heterocycles. The molecule has 0 spiro atoms. The van der Waals surface area contributed by atoms with Gasteiger partial charge in [-0.1, -0.05) is 13.8 Å². The third kappa shape index (κ3) is 4.59. The largest absolute Gasteiger partial charge is 0.361 e. The van der Waals surface area contributed by atoms with Gasteiger partial charge in [0.1, 0.15) is 5.82 Å². The lowest BCUT2D eigenvalue weighted by Gasteiger charge is -2.08. The van der Waals surface area contributed by atoms with Crippen LogP contribution in [-0.4, -0.2) is 29.0 Å². The Labute approximate surface area is 93.5 Å². The van der Waals surface area contributed by atoms with Crippen LogP contribution in [0, 0.1) is 5.92 Å². The number of nitrogens with one attached hydrogen (secondary N) is 3. The number of H-pyrrole nitrogens is 1. The second-order valence-corrected chi connectivity index (χ2v) is 3.85. The normalized spacial score (nSPS) is 10.2. The molecule has 0 aromatic carbocycles. The summed E-state index contributed by atoms with van der Waals surface area (Å²) in [5.74, 6) is 0.695. The maximum Gasteiger partial charge on any atom is 0.252 e. The van der Waals surface area contributed by atoms with Gasteiger partial charge >= 0.3 is 0 Å². The lowest BCUT2D eigenvalue weighted by molar-refractivity contribution is -0.119. The Morgan fingerprint density at radius 2 is 2.31 bits per heavy atom. The lowest BCUT2D eigenvalue weighted by Crippen LogP contribution is -2.32. The Bertz CT molecular complexity index is 400. The smallest absolute Gasteiger partial charge is 0.252 e. The van der Waals surface area contributed by atoms with E-state index in [9.17, 15) is 9.59 Å². The predicted molar refractivity (Wildman–Crippen MR) is 61.2 cm³/mol. The minimum atomic E-state index is -0.250. The average molecular weight is 224 g/mol. The quantitative estimate of drug-likeness (QED) is 0.654. The molecule has 1 rings (SSSR count). The summed E-state index contributed by atoms with van der Waals surface area (Å²) >= 11 is 0. The number of hydrogen-bond donors (Lipinski definition) is 3. The van der Waals surface area contributed by atoms with Gasteiger partial charge in [-0.05, 0) is 5.92 Å². The molecule has 0 radical (unpaired) electrons. The highest BCUT2D eigenvalue weighted by atomic mass is 16.2. The zero-order chi connectivity index (χ0) is 12.0. The van der Waals surface area contributed by atoms with Crippen molar-refractivity contribution in [2.75, 3.05) is 18.4 Å². The Balaban J connectivity index is 2.34. The summed E-state index contributed by atoms with van der Waals surface area (Å²) in [5.41, 5.74) is -0.250. The molecule has 6 nitrogen and oxygen atoms in total. The summed E-state index contributed by atoms with van der Waals surface area (Å²) in [6.45, 7) is 4.80. The second kappa shape index (κ2) is 5.89. The van der Waals surface area contributed by atoms with Gasteiger partial charge in [-0.3, -0.25) is 9.59 Å². The molecular weight excluding hydrogens is 208 g/mol. The van der Waals surface area contributed by atoms with E-state index in [1.807, 2.05) is 13.8 Å². The van der Waals surface area contributed by atoms with Crippen molar-refractivity contribution in [3.8, 4) is 0 Å². The fraction of sp³-hybridized carbons (Fsp3) is 0.500. The highest BCUT2D eigenvalue weighted by Gasteiger charge is 2.02. The van der Waals surface area contributed by atoms with Crippen LogP contribution in [0.3, 0.4) is 0 Å². The zero-order valence-electron chi connectivity index (χ0n) is 9.41. The summed E-state index contributed by atoms with van der Waals surface area (Å²) in [6.07, 6.45) is 1.29. The van der Waals surface area contributed by atoms with Crippen molar-refractivity contribution in [2.45, 2.75) is 13.8 Å². The van der Waals surface area contributed by atoms with E-state index >= 15 is 0 Å². The van der Waals surface area contributed by atoms with Crippen molar-refractivity contribution in [3.63, 3.8) is 0 Å². The van der Waals surface area contributed by atoms with E-state index < -0.39 is 0 Å². The molecule has 0 aliphatic carbocycles. The standard InChI is InChI=1S/C10H16N4O2/c1-7(2)4-12-10(16)5-11-8-3-9(15)14-6-13-8/h3,6-7H,4-5H2,1-2H3,(H,12,16)(H2,11,13,14,15). The van der Waals surface area contributed by atoms with Gasteiger partial charge in [-0.2, -0.15) is 0 Å². The summed E-state index contributed by atoms with van der Waals surface area (Å²) in [7, 11) is 0. The van der Waals surface area contributed by atoms with Crippen LogP contribution in [0.15, 0.2) is 17.2 Å². The molecule has 0 aliphatic heterocycles. The highest BCUT2D eigenvalue weighted by Crippen LogP contribution is 1.93. The summed E-state index contributed by atoms with van der Waals surface area (Å²) < 4.78 is 0. The fourth-order valence-electron chi connectivity index (χ4n) is 1.02. The molecule has 3 N–H and O–H groups in total. The number of aromatic nitrogens is 2. The highest BCUT2D eigenvalue weighted by molar-refractivity contribution is 5.80. The first-order valence-electron chi connectivity index (χ1n) is 5.13. The second-order valence-electron chi connectivity index (χ2n) is 3.85. The molecule has 88 valence electrons. The van der Waals surface area contributed by atoms with E-state index in [-0.39, 0.29) is 18.0 Å². The molecule has 1 amide bonds. The predicted octanol–water partition coefficient (Wildman–Crippen LogP) is -0.0460. The SMILES string of the molecule is CC(C)CNC(=O)CNc1cc(=O)[nH]cn1. The monoisotopic (exact) mass is 224 g/mol. The number of nitrogens with zero attached hydrogens (tertiary/aromatic N) is 1. The summed E-state index contributed by atoms with van der Waals surface area (Å²) in [5, 5.41) is 5.52. The molecular formula is C10H16N4O2. The summed E-state index contributed by atoms with van der Waals surface area (Å²) in [6, 6.07) is 1.30. The summed E-state index contributed by atoms with van der Waals surface area (Å²) in [4.78, 5) is 28.5. The molecule has 1 aromatic rings. The molecule has 0 atom stereocenters. The number of anilines is 1. The number of aromatic amines is 1.